The highest BCUT2D eigenvalue weighted by Gasteiger charge is 2.03. The zero-order valence-electron chi connectivity index (χ0n) is 7.73. The molecule has 2 N–H and O–H groups in total. The molecule has 0 saturated heterocycles. The minimum atomic E-state index is -0.139. The molecule has 72 valence electrons. The third-order valence-electron chi connectivity index (χ3n) is 1.78. The largest absolute Gasteiger partial charge is 0.394 e. The number of anilines is 1. The van der Waals surface area contributed by atoms with Crippen LogP contribution in [0.3, 0.4) is 0 Å². The highest BCUT2D eigenvalue weighted by Crippen LogP contribution is 2.06. The van der Waals surface area contributed by atoms with Crippen LogP contribution < -0.4 is 5.48 Å². The number of rotatable bonds is 5. The molecule has 0 aliphatic heterocycles. The van der Waals surface area contributed by atoms with Crippen LogP contribution in [0.2, 0.25) is 0 Å². The summed E-state index contributed by atoms with van der Waals surface area (Å²) < 4.78 is 0. The van der Waals surface area contributed by atoms with Gasteiger partial charge in [-0.3, -0.25) is 10.3 Å². The van der Waals surface area contributed by atoms with E-state index in [4.69, 9.17) is 9.94 Å². The van der Waals surface area contributed by atoms with Gasteiger partial charge in [0.15, 0.2) is 0 Å². The summed E-state index contributed by atoms with van der Waals surface area (Å²) in [5, 5.41) is 8.84. The van der Waals surface area contributed by atoms with Crippen LogP contribution in [0.1, 0.15) is 13.3 Å². The topological polar surface area (TPSA) is 41.5 Å². The zero-order chi connectivity index (χ0) is 9.52. The highest BCUT2D eigenvalue weighted by atomic mass is 16.7. The molecule has 0 heterocycles. The molecular weight excluding hydrogens is 166 g/mol. The minimum Gasteiger partial charge on any atom is -0.394 e. The summed E-state index contributed by atoms with van der Waals surface area (Å²) in [5.74, 6) is 0. The van der Waals surface area contributed by atoms with E-state index in [1.807, 2.05) is 37.3 Å². The summed E-state index contributed by atoms with van der Waals surface area (Å²) in [6, 6.07) is 9.60. The molecule has 0 radical (unpaired) electrons. The first-order valence-electron chi connectivity index (χ1n) is 4.44. The Morgan fingerprint density at radius 3 is 2.62 bits per heavy atom. The van der Waals surface area contributed by atoms with Crippen molar-refractivity contribution in [3.63, 3.8) is 0 Å². The van der Waals surface area contributed by atoms with Crippen molar-refractivity contribution in [3.8, 4) is 0 Å². The van der Waals surface area contributed by atoms with Gasteiger partial charge in [-0.2, -0.15) is 0 Å². The van der Waals surface area contributed by atoms with Gasteiger partial charge < -0.3 is 5.11 Å². The molecule has 1 aromatic carbocycles. The number of benzene rings is 1. The van der Waals surface area contributed by atoms with Crippen LogP contribution in [0.15, 0.2) is 30.3 Å². The summed E-state index contributed by atoms with van der Waals surface area (Å²) in [6.45, 7) is 2.00. The average Bonchev–Trinajstić information content (AvgIpc) is 2.21. The van der Waals surface area contributed by atoms with Crippen molar-refractivity contribution in [2.75, 3.05) is 12.1 Å². The number of hydrogen-bond donors (Lipinski definition) is 2. The van der Waals surface area contributed by atoms with E-state index in [1.165, 1.54) is 0 Å². The van der Waals surface area contributed by atoms with Crippen molar-refractivity contribution in [3.05, 3.63) is 30.3 Å². The third kappa shape index (κ3) is 3.44. The van der Waals surface area contributed by atoms with Crippen LogP contribution in [0.5, 0.6) is 0 Å². The van der Waals surface area contributed by atoms with E-state index < -0.39 is 0 Å². The normalized spacial score (nSPS) is 12.5. The Hall–Kier alpha value is -1.06. The van der Waals surface area contributed by atoms with E-state index in [9.17, 15) is 0 Å². The number of aliphatic hydroxyl groups is 1. The van der Waals surface area contributed by atoms with Crippen LogP contribution in [-0.2, 0) is 4.84 Å². The standard InChI is InChI=1S/C10H15NO2/c1-2-10(8-12)13-11-9-6-4-3-5-7-9/h3-7,10-12H,2,8H2,1H3. The third-order valence-corrected chi connectivity index (χ3v) is 1.78. The fraction of sp³-hybridized carbons (Fsp3) is 0.400. The summed E-state index contributed by atoms with van der Waals surface area (Å²) in [7, 11) is 0. The molecular formula is C10H15NO2. The lowest BCUT2D eigenvalue weighted by molar-refractivity contribution is 0.0448. The maximum atomic E-state index is 8.84. The molecule has 0 bridgehead atoms. The van der Waals surface area contributed by atoms with Gasteiger partial charge in [-0.1, -0.05) is 25.1 Å². The number of para-hydroxylation sites is 1. The second kappa shape index (κ2) is 5.56. The SMILES string of the molecule is CCC(CO)ONc1ccccc1. The Morgan fingerprint density at radius 2 is 2.08 bits per heavy atom. The van der Waals surface area contributed by atoms with Gasteiger partial charge in [-0.05, 0) is 18.6 Å². The van der Waals surface area contributed by atoms with Gasteiger partial charge in [0.2, 0.25) is 0 Å². The highest BCUT2D eigenvalue weighted by molar-refractivity contribution is 5.39. The summed E-state index contributed by atoms with van der Waals surface area (Å²) in [4.78, 5) is 5.23. The lowest BCUT2D eigenvalue weighted by Gasteiger charge is -2.13. The summed E-state index contributed by atoms with van der Waals surface area (Å²) in [5.41, 5.74) is 3.68. The molecule has 0 aromatic heterocycles. The lowest BCUT2D eigenvalue weighted by atomic mass is 10.3. The van der Waals surface area contributed by atoms with E-state index in [0.29, 0.717) is 0 Å². The molecule has 3 nitrogen and oxygen atoms in total. The molecule has 1 unspecified atom stereocenters. The fourth-order valence-corrected chi connectivity index (χ4v) is 0.907. The van der Waals surface area contributed by atoms with Crippen molar-refractivity contribution in [2.45, 2.75) is 19.4 Å². The Labute approximate surface area is 78.3 Å². The van der Waals surface area contributed by atoms with E-state index in [-0.39, 0.29) is 12.7 Å². The maximum Gasteiger partial charge on any atom is 0.108 e. The first-order valence-corrected chi connectivity index (χ1v) is 4.44. The predicted molar refractivity (Wildman–Crippen MR) is 52.3 cm³/mol. The average molecular weight is 181 g/mol. The number of hydrogen-bond acceptors (Lipinski definition) is 3. The Morgan fingerprint density at radius 1 is 1.38 bits per heavy atom. The van der Waals surface area contributed by atoms with E-state index >= 15 is 0 Å². The van der Waals surface area contributed by atoms with Crippen LogP contribution in [0, 0.1) is 0 Å². The van der Waals surface area contributed by atoms with E-state index in [0.717, 1.165) is 12.1 Å². The minimum absolute atomic E-state index is 0.0380. The molecule has 0 saturated carbocycles. The van der Waals surface area contributed by atoms with Gasteiger partial charge in [0.1, 0.15) is 6.10 Å². The smallest absolute Gasteiger partial charge is 0.108 e. The van der Waals surface area contributed by atoms with Crippen LogP contribution >= 0.6 is 0 Å². The van der Waals surface area contributed by atoms with E-state index in [1.54, 1.807) is 0 Å². The van der Waals surface area contributed by atoms with Crippen molar-refractivity contribution >= 4 is 5.69 Å². The fourth-order valence-electron chi connectivity index (χ4n) is 0.907. The zero-order valence-corrected chi connectivity index (χ0v) is 7.73. The number of nitrogens with one attached hydrogen (secondary N) is 1. The van der Waals surface area contributed by atoms with Gasteiger partial charge in [-0.25, -0.2) is 0 Å². The molecule has 0 fully saturated rings. The summed E-state index contributed by atoms with van der Waals surface area (Å²) in [6.07, 6.45) is 0.649. The van der Waals surface area contributed by atoms with Gasteiger partial charge >= 0.3 is 0 Å². The Balaban J connectivity index is 2.34. The van der Waals surface area contributed by atoms with Gasteiger partial charge in [0.25, 0.3) is 0 Å². The molecule has 3 heteroatoms. The maximum absolute atomic E-state index is 8.84. The quantitative estimate of drug-likeness (QED) is 0.680. The molecule has 13 heavy (non-hydrogen) atoms. The predicted octanol–water partition coefficient (Wildman–Crippen LogP) is 1.80. The van der Waals surface area contributed by atoms with Crippen molar-refractivity contribution in [2.24, 2.45) is 0 Å². The number of aliphatic hydroxyl groups excluding tert-OH is 1. The lowest BCUT2D eigenvalue weighted by Crippen LogP contribution is -2.19. The van der Waals surface area contributed by atoms with Crippen molar-refractivity contribution in [1.29, 1.82) is 0 Å². The van der Waals surface area contributed by atoms with Crippen LogP contribution in [0.4, 0.5) is 5.69 Å². The Kier molecular flexibility index (Phi) is 4.29. The molecule has 1 aromatic rings. The van der Waals surface area contributed by atoms with Crippen molar-refractivity contribution < 1.29 is 9.94 Å². The molecule has 0 aliphatic rings. The van der Waals surface area contributed by atoms with Gasteiger partial charge in [0, 0.05) is 0 Å². The van der Waals surface area contributed by atoms with Crippen LogP contribution in [0.25, 0.3) is 0 Å². The second-order valence-electron chi connectivity index (χ2n) is 2.80. The first kappa shape index (κ1) is 10.0. The Bertz CT molecular complexity index is 222. The van der Waals surface area contributed by atoms with Gasteiger partial charge in [-0.15, -0.1) is 0 Å². The van der Waals surface area contributed by atoms with Gasteiger partial charge in [0.05, 0.1) is 12.3 Å². The molecule has 0 amide bonds. The van der Waals surface area contributed by atoms with Crippen LogP contribution in [-0.4, -0.2) is 17.8 Å². The molecule has 0 aliphatic carbocycles. The molecule has 0 spiro atoms. The van der Waals surface area contributed by atoms with E-state index in [2.05, 4.69) is 5.48 Å². The van der Waals surface area contributed by atoms with Crippen molar-refractivity contribution in [1.82, 2.24) is 0 Å². The monoisotopic (exact) mass is 181 g/mol. The molecule has 1 rings (SSSR count). The first-order chi connectivity index (χ1) is 6.36. The second-order valence-corrected chi connectivity index (χ2v) is 2.80. The summed E-state index contributed by atoms with van der Waals surface area (Å²) >= 11 is 0. The molecule has 1 atom stereocenters.